The summed E-state index contributed by atoms with van der Waals surface area (Å²) < 4.78 is 58.6. The minimum Gasteiger partial charge on any atom is -0.0622 e. The van der Waals surface area contributed by atoms with E-state index in [-0.39, 0.29) is 5.56 Å². The highest BCUT2D eigenvalue weighted by molar-refractivity contribution is 5.13. The molecule has 0 saturated carbocycles. The van der Waals surface area contributed by atoms with Crippen molar-refractivity contribution < 1.29 is 11.0 Å². The van der Waals surface area contributed by atoms with Crippen molar-refractivity contribution in [1.29, 1.82) is 0 Å². The van der Waals surface area contributed by atoms with Gasteiger partial charge in [-0.2, -0.15) is 0 Å². The summed E-state index contributed by atoms with van der Waals surface area (Å²) in [5.74, 6) is 0. The molecule has 1 aromatic carbocycles. The van der Waals surface area contributed by atoms with Gasteiger partial charge in [-0.15, -0.1) is 0 Å². The van der Waals surface area contributed by atoms with Crippen LogP contribution < -0.4 is 0 Å². The first-order valence-electron chi connectivity index (χ1n) is 6.35. The van der Waals surface area contributed by atoms with Gasteiger partial charge in [-0.3, -0.25) is 0 Å². The van der Waals surface area contributed by atoms with Crippen LogP contribution in [0.4, 0.5) is 0 Å². The number of hydrogen-bond acceptors (Lipinski definition) is 0. The Bertz CT molecular complexity index is 384. The number of rotatable bonds is 1. The van der Waals surface area contributed by atoms with E-state index < -0.39 is 43.5 Å². The van der Waals surface area contributed by atoms with Crippen LogP contribution in [-0.4, -0.2) is 0 Å². The highest BCUT2D eigenvalue weighted by Crippen LogP contribution is 1.96. The van der Waals surface area contributed by atoms with E-state index in [1.54, 1.807) is 0 Å². The van der Waals surface area contributed by atoms with E-state index in [2.05, 4.69) is 0 Å². The molecule has 0 aromatic heterocycles. The third-order valence-electron chi connectivity index (χ3n) is 0.686. The van der Waals surface area contributed by atoms with Gasteiger partial charge in [0.2, 0.25) is 0 Å². The maximum Gasteiger partial charge on any atom is 0.0626 e. The third kappa shape index (κ3) is 1.09. The SMILES string of the molecule is [2H]c1c([2H])c([2H])c([C@@H]([2H])C([2H])[2H])c([2H])c1[2H]. The molecule has 0 amide bonds. The van der Waals surface area contributed by atoms with Crippen LogP contribution in [0.3, 0.4) is 0 Å². The summed E-state index contributed by atoms with van der Waals surface area (Å²) in [6, 6.07) is -2.61. The van der Waals surface area contributed by atoms with Crippen LogP contribution in [0, 0.1) is 0 Å². The molecule has 0 saturated heterocycles. The molecule has 0 heteroatoms. The van der Waals surface area contributed by atoms with E-state index in [0.717, 1.165) is 0 Å². The Hall–Kier alpha value is -0.780. The molecule has 0 aliphatic carbocycles. The maximum absolute atomic E-state index is 7.50. The van der Waals surface area contributed by atoms with E-state index in [4.69, 9.17) is 11.0 Å². The minimum atomic E-state index is -1.59. The predicted octanol–water partition coefficient (Wildman–Crippen LogP) is 2.25. The van der Waals surface area contributed by atoms with Crippen molar-refractivity contribution in [3.05, 3.63) is 35.8 Å². The summed E-state index contributed by atoms with van der Waals surface area (Å²) in [6.45, 7) is -1.59. The monoisotopic (exact) mass is 114 g/mol. The fourth-order valence-corrected chi connectivity index (χ4v) is 0.343. The van der Waals surface area contributed by atoms with Gasteiger partial charge in [0, 0.05) is 4.11 Å². The van der Waals surface area contributed by atoms with E-state index in [9.17, 15) is 0 Å². The van der Waals surface area contributed by atoms with Crippen molar-refractivity contribution in [2.24, 2.45) is 0 Å². The highest BCUT2D eigenvalue weighted by atomic mass is 13.9. The van der Waals surface area contributed by atoms with Crippen LogP contribution in [0.1, 0.15) is 23.4 Å². The van der Waals surface area contributed by atoms with Gasteiger partial charge in [0.15, 0.2) is 0 Å². The molecule has 8 heavy (non-hydrogen) atoms. The largest absolute Gasteiger partial charge is 0.0626 e. The van der Waals surface area contributed by atoms with Crippen LogP contribution in [0.25, 0.3) is 0 Å². The Morgan fingerprint density at radius 3 is 3.00 bits per heavy atom. The summed E-state index contributed by atoms with van der Waals surface area (Å²) in [4.78, 5) is 0. The van der Waals surface area contributed by atoms with Crippen LogP contribution in [-0.2, 0) is 6.40 Å². The van der Waals surface area contributed by atoms with Gasteiger partial charge in [0.05, 0.1) is 6.85 Å². The maximum atomic E-state index is 7.50. The summed E-state index contributed by atoms with van der Waals surface area (Å²) in [5, 5.41) is 0. The summed E-state index contributed by atoms with van der Waals surface area (Å²) in [5.41, 5.74) is -0.291. The van der Waals surface area contributed by atoms with Crippen molar-refractivity contribution >= 4 is 0 Å². The Labute approximate surface area is 61.4 Å². The number of benzene rings is 1. The van der Waals surface area contributed by atoms with E-state index in [1.165, 1.54) is 0 Å². The molecule has 1 rings (SSSR count). The van der Waals surface area contributed by atoms with Crippen molar-refractivity contribution in [3.8, 4) is 0 Å². The third-order valence-corrected chi connectivity index (χ3v) is 0.686. The van der Waals surface area contributed by atoms with Crippen LogP contribution in [0.15, 0.2) is 30.2 Å². The lowest BCUT2D eigenvalue weighted by Gasteiger charge is -1.89. The van der Waals surface area contributed by atoms with Gasteiger partial charge >= 0.3 is 0 Å². The lowest BCUT2D eigenvalue weighted by atomic mass is 10.2. The van der Waals surface area contributed by atoms with Crippen LogP contribution in [0.2, 0.25) is 0 Å². The molecule has 0 aliphatic rings. The first-order chi connectivity index (χ1) is 7.29. The molecule has 0 fully saturated rings. The second-order valence-electron chi connectivity index (χ2n) is 1.21. The fraction of sp³-hybridized carbons (Fsp3) is 0.250. The first kappa shape index (κ1) is 1.21. The molecular weight excluding hydrogens is 96.1 g/mol. The molecule has 0 heterocycles. The molecule has 0 spiro atoms. The summed E-state index contributed by atoms with van der Waals surface area (Å²) >= 11 is 0. The average molecular weight is 114 g/mol. The molecule has 0 aliphatic heterocycles. The topological polar surface area (TPSA) is 0 Å². The van der Waals surface area contributed by atoms with Gasteiger partial charge in [0.25, 0.3) is 0 Å². The predicted molar refractivity (Wildman–Crippen MR) is 35.8 cm³/mol. The van der Waals surface area contributed by atoms with Gasteiger partial charge in [-0.05, 0) is 12.0 Å². The molecule has 1 atom stereocenters. The zero-order valence-corrected chi connectivity index (χ0v) is 4.15. The molecule has 0 radical (unpaired) electrons. The van der Waals surface area contributed by atoms with Gasteiger partial charge < -0.3 is 0 Å². The Balaban J connectivity index is 3.51. The van der Waals surface area contributed by atoms with Crippen molar-refractivity contribution in [3.63, 3.8) is 0 Å². The van der Waals surface area contributed by atoms with Crippen LogP contribution >= 0.6 is 0 Å². The Kier molecular flexibility index (Phi) is 0.378. The Morgan fingerprint density at radius 1 is 1.62 bits per heavy atom. The second-order valence-corrected chi connectivity index (χ2v) is 1.21. The molecule has 1 aromatic rings. The lowest BCUT2D eigenvalue weighted by molar-refractivity contribution is 1.14. The molecular formula is C8H10. The summed E-state index contributed by atoms with van der Waals surface area (Å²) in [6.07, 6.45) is -1.46. The highest BCUT2D eigenvalue weighted by Gasteiger charge is 1.79. The van der Waals surface area contributed by atoms with Crippen LogP contribution in [0.5, 0.6) is 0 Å². The van der Waals surface area contributed by atoms with Gasteiger partial charge in [-0.25, -0.2) is 0 Å². The zero-order valence-electron chi connectivity index (χ0n) is 12.2. The average Bonchev–Trinajstić information content (AvgIpc) is 2.23. The van der Waals surface area contributed by atoms with E-state index in [1.807, 2.05) is 0 Å². The smallest absolute Gasteiger partial charge is 0.0622 e. The molecule has 42 valence electrons. The normalized spacial score (nSPS) is 27.6. The molecule has 0 bridgehead atoms. The first-order valence-corrected chi connectivity index (χ1v) is 2.12. The quantitative estimate of drug-likeness (QED) is 0.525. The number of hydrogen-bond donors (Lipinski definition) is 0. The van der Waals surface area contributed by atoms with Gasteiger partial charge in [0.1, 0.15) is 0 Å². The van der Waals surface area contributed by atoms with Gasteiger partial charge in [-0.1, -0.05) is 37.1 Å². The molecule has 0 nitrogen and oxygen atoms in total. The molecule has 0 unspecified atom stereocenters. The van der Waals surface area contributed by atoms with E-state index >= 15 is 0 Å². The van der Waals surface area contributed by atoms with E-state index in [0.29, 0.717) is 0 Å². The molecule has 0 N–H and O–H groups in total. The minimum absolute atomic E-state index is 0.291. The second kappa shape index (κ2) is 2.51. The summed E-state index contributed by atoms with van der Waals surface area (Å²) in [7, 11) is 0. The Morgan fingerprint density at radius 2 is 2.38 bits per heavy atom. The van der Waals surface area contributed by atoms with Crippen molar-refractivity contribution in [1.82, 2.24) is 0 Å². The zero-order chi connectivity index (χ0) is 12.6. The standard InChI is InChI=1S/C8H10/c1-2-8-6-4-3-5-7-8/h3-7H,2H2,1H3/i1D2,2D,3D,4D,5D,6D,7D/t2-/m0/s1. The van der Waals surface area contributed by atoms with Crippen molar-refractivity contribution in [2.45, 2.75) is 13.3 Å². The fourth-order valence-electron chi connectivity index (χ4n) is 0.343. The van der Waals surface area contributed by atoms with Crippen molar-refractivity contribution in [2.75, 3.05) is 0 Å². The lowest BCUT2D eigenvalue weighted by Crippen LogP contribution is -1.73.